The Morgan fingerprint density at radius 1 is 1.43 bits per heavy atom. The molecule has 3 rings (SSSR count). The van der Waals surface area contributed by atoms with E-state index in [2.05, 4.69) is 17.2 Å². The summed E-state index contributed by atoms with van der Waals surface area (Å²) in [6.07, 6.45) is 5.13. The number of oxazole rings is 1. The first-order chi connectivity index (χ1) is 10.1. The maximum Gasteiger partial charge on any atom is 0.295 e. The molecule has 1 aromatic heterocycles. The average Bonchev–Trinajstić information content (AvgIpc) is 2.88. The van der Waals surface area contributed by atoms with Crippen LogP contribution in [0.15, 0.2) is 22.6 Å². The average molecular weight is 289 g/mol. The van der Waals surface area contributed by atoms with E-state index < -0.39 is 4.92 Å². The van der Waals surface area contributed by atoms with Gasteiger partial charge in [0.1, 0.15) is 5.52 Å². The molecule has 2 aromatic rings. The lowest BCUT2D eigenvalue weighted by Gasteiger charge is -2.28. The molecule has 112 valence electrons. The fraction of sp³-hybridized carbons (Fsp3) is 0.533. The van der Waals surface area contributed by atoms with E-state index >= 15 is 0 Å². The summed E-state index contributed by atoms with van der Waals surface area (Å²) in [6.45, 7) is 3.14. The number of non-ortho nitro benzene ring substituents is 1. The van der Waals surface area contributed by atoms with Gasteiger partial charge in [-0.3, -0.25) is 10.1 Å². The van der Waals surface area contributed by atoms with E-state index in [0.717, 1.165) is 12.5 Å². The first-order valence-electron chi connectivity index (χ1n) is 7.42. The Labute approximate surface area is 122 Å². The molecule has 0 amide bonds. The molecule has 6 heteroatoms. The first kappa shape index (κ1) is 13.9. The Bertz CT molecular complexity index is 653. The summed E-state index contributed by atoms with van der Waals surface area (Å²) in [5.74, 6) is 1.36. The smallest absolute Gasteiger partial charge is 0.295 e. The van der Waals surface area contributed by atoms with Crippen molar-refractivity contribution in [2.24, 2.45) is 11.8 Å². The lowest BCUT2D eigenvalue weighted by atomic mass is 9.80. The van der Waals surface area contributed by atoms with Gasteiger partial charge in [-0.25, -0.2) is 0 Å². The first-order valence-corrected chi connectivity index (χ1v) is 7.42. The molecule has 0 radical (unpaired) electrons. The van der Waals surface area contributed by atoms with Gasteiger partial charge in [0.2, 0.25) is 0 Å². The molecule has 1 heterocycles. The number of aromatic nitrogens is 1. The highest BCUT2D eigenvalue weighted by atomic mass is 16.6. The molecular weight excluding hydrogens is 270 g/mol. The van der Waals surface area contributed by atoms with Crippen LogP contribution < -0.4 is 5.32 Å². The number of benzene rings is 1. The fourth-order valence-electron chi connectivity index (χ4n) is 3.02. The predicted octanol–water partition coefficient (Wildman–Crippen LogP) is 3.97. The summed E-state index contributed by atoms with van der Waals surface area (Å²) in [5.41, 5.74) is 1.12. The van der Waals surface area contributed by atoms with E-state index in [1.165, 1.54) is 37.8 Å². The van der Waals surface area contributed by atoms with Crippen molar-refractivity contribution in [3.8, 4) is 0 Å². The molecule has 6 nitrogen and oxygen atoms in total. The number of anilines is 1. The zero-order valence-electron chi connectivity index (χ0n) is 12.0. The minimum absolute atomic E-state index is 0.0308. The molecule has 21 heavy (non-hydrogen) atoms. The highest BCUT2D eigenvalue weighted by molar-refractivity contribution is 5.77. The van der Waals surface area contributed by atoms with Crippen LogP contribution in [-0.2, 0) is 0 Å². The summed E-state index contributed by atoms with van der Waals surface area (Å²) >= 11 is 0. The molecule has 1 saturated carbocycles. The second-order valence-electron chi connectivity index (χ2n) is 5.83. The van der Waals surface area contributed by atoms with Gasteiger partial charge in [-0.15, -0.1) is 0 Å². The number of rotatable bonds is 4. The highest BCUT2D eigenvalue weighted by Crippen LogP contribution is 2.30. The third-order valence-electron chi connectivity index (χ3n) is 4.39. The van der Waals surface area contributed by atoms with Gasteiger partial charge in [-0.05, 0) is 24.3 Å². The van der Waals surface area contributed by atoms with Crippen LogP contribution in [0.3, 0.4) is 0 Å². The van der Waals surface area contributed by atoms with Crippen molar-refractivity contribution in [2.45, 2.75) is 32.6 Å². The molecular formula is C15H19N3O3. The van der Waals surface area contributed by atoms with Crippen LogP contribution in [-0.4, -0.2) is 16.5 Å². The Morgan fingerprint density at radius 3 is 3.00 bits per heavy atom. The Kier molecular flexibility index (Phi) is 3.77. The van der Waals surface area contributed by atoms with E-state index in [1.807, 2.05) is 0 Å². The highest BCUT2D eigenvalue weighted by Gasteiger charge is 2.21. The summed E-state index contributed by atoms with van der Waals surface area (Å²) in [7, 11) is 0. The molecule has 1 aliphatic carbocycles. The molecule has 2 atom stereocenters. The van der Waals surface area contributed by atoms with Gasteiger partial charge in [-0.1, -0.05) is 26.2 Å². The summed E-state index contributed by atoms with van der Waals surface area (Å²) in [6, 6.07) is 4.91. The summed E-state index contributed by atoms with van der Waals surface area (Å²) in [5, 5.41) is 14.0. The second kappa shape index (κ2) is 5.71. The van der Waals surface area contributed by atoms with Crippen molar-refractivity contribution in [2.75, 3.05) is 11.9 Å². The largest absolute Gasteiger partial charge is 0.424 e. The topological polar surface area (TPSA) is 81.2 Å². The van der Waals surface area contributed by atoms with E-state index in [-0.39, 0.29) is 5.69 Å². The third kappa shape index (κ3) is 2.99. The van der Waals surface area contributed by atoms with Gasteiger partial charge >= 0.3 is 0 Å². The zero-order chi connectivity index (χ0) is 14.8. The number of nitro groups is 1. The van der Waals surface area contributed by atoms with Crippen LogP contribution in [0, 0.1) is 22.0 Å². The zero-order valence-corrected chi connectivity index (χ0v) is 12.0. The standard InChI is InChI=1S/C15H19N3O3/c1-10-4-2-3-5-11(10)9-16-15-17-13-8-12(18(19)20)6-7-14(13)21-15/h6-8,10-11H,2-5,9H2,1H3,(H,16,17). The molecule has 0 aliphatic heterocycles. The number of nitro benzene ring substituents is 1. The van der Waals surface area contributed by atoms with Crippen LogP contribution in [0.1, 0.15) is 32.6 Å². The number of hydrogen-bond acceptors (Lipinski definition) is 5. The normalized spacial score (nSPS) is 22.3. The van der Waals surface area contributed by atoms with Gasteiger partial charge in [0.05, 0.1) is 4.92 Å². The van der Waals surface area contributed by atoms with Crippen molar-refractivity contribution in [1.82, 2.24) is 4.98 Å². The van der Waals surface area contributed by atoms with E-state index in [0.29, 0.717) is 23.0 Å². The Morgan fingerprint density at radius 2 is 2.24 bits per heavy atom. The van der Waals surface area contributed by atoms with Crippen molar-refractivity contribution >= 4 is 22.8 Å². The number of nitrogens with one attached hydrogen (secondary N) is 1. The molecule has 0 spiro atoms. The SMILES string of the molecule is CC1CCCCC1CNc1nc2cc([N+](=O)[O-])ccc2o1. The molecule has 1 aliphatic rings. The molecule has 1 fully saturated rings. The van der Waals surface area contributed by atoms with Gasteiger partial charge in [0, 0.05) is 18.7 Å². The molecule has 1 aromatic carbocycles. The fourth-order valence-corrected chi connectivity index (χ4v) is 3.02. The van der Waals surface area contributed by atoms with Crippen LogP contribution in [0.4, 0.5) is 11.7 Å². The lowest BCUT2D eigenvalue weighted by Crippen LogP contribution is -2.24. The van der Waals surface area contributed by atoms with Crippen LogP contribution in [0.25, 0.3) is 11.1 Å². The number of hydrogen-bond donors (Lipinski definition) is 1. The molecule has 1 N–H and O–H groups in total. The molecule has 0 bridgehead atoms. The number of fused-ring (bicyclic) bond motifs is 1. The van der Waals surface area contributed by atoms with Crippen molar-refractivity contribution in [3.63, 3.8) is 0 Å². The number of nitrogens with zero attached hydrogens (tertiary/aromatic N) is 2. The van der Waals surface area contributed by atoms with E-state index in [9.17, 15) is 10.1 Å². The maximum absolute atomic E-state index is 10.8. The second-order valence-corrected chi connectivity index (χ2v) is 5.83. The Balaban J connectivity index is 1.71. The monoisotopic (exact) mass is 289 g/mol. The maximum atomic E-state index is 10.8. The lowest BCUT2D eigenvalue weighted by molar-refractivity contribution is -0.384. The van der Waals surface area contributed by atoms with Gasteiger partial charge in [0.25, 0.3) is 11.7 Å². The van der Waals surface area contributed by atoms with Crippen molar-refractivity contribution in [3.05, 3.63) is 28.3 Å². The molecule has 0 saturated heterocycles. The van der Waals surface area contributed by atoms with Crippen molar-refractivity contribution < 1.29 is 9.34 Å². The minimum atomic E-state index is -0.426. The van der Waals surface area contributed by atoms with Crippen LogP contribution >= 0.6 is 0 Å². The van der Waals surface area contributed by atoms with E-state index in [1.54, 1.807) is 6.07 Å². The van der Waals surface area contributed by atoms with E-state index in [4.69, 9.17) is 4.42 Å². The van der Waals surface area contributed by atoms with Gasteiger partial charge < -0.3 is 9.73 Å². The summed E-state index contributed by atoms with van der Waals surface area (Å²) < 4.78 is 5.58. The summed E-state index contributed by atoms with van der Waals surface area (Å²) in [4.78, 5) is 14.6. The van der Waals surface area contributed by atoms with Crippen LogP contribution in [0.2, 0.25) is 0 Å². The minimum Gasteiger partial charge on any atom is -0.424 e. The Hall–Kier alpha value is -2.11. The van der Waals surface area contributed by atoms with Gasteiger partial charge in [0.15, 0.2) is 5.58 Å². The predicted molar refractivity (Wildman–Crippen MR) is 80.3 cm³/mol. The third-order valence-corrected chi connectivity index (χ3v) is 4.39. The van der Waals surface area contributed by atoms with Crippen molar-refractivity contribution in [1.29, 1.82) is 0 Å². The quantitative estimate of drug-likeness (QED) is 0.680. The molecule has 2 unspecified atom stereocenters. The van der Waals surface area contributed by atoms with Gasteiger partial charge in [-0.2, -0.15) is 4.98 Å². The van der Waals surface area contributed by atoms with Crippen LogP contribution in [0.5, 0.6) is 0 Å².